The van der Waals surface area contributed by atoms with Crippen molar-refractivity contribution in [2.45, 2.75) is 76.8 Å². The van der Waals surface area contributed by atoms with Crippen molar-refractivity contribution in [1.82, 2.24) is 0 Å². The highest BCUT2D eigenvalue weighted by Crippen LogP contribution is 2.44. The quantitative estimate of drug-likeness (QED) is 0.564. The Bertz CT molecular complexity index is 299. The SMILES string of the molecule is CC(C)(C)[Si](C)(C)O[C@H]1CC[C@H]2OO[C@]1(C)O2. The summed E-state index contributed by atoms with van der Waals surface area (Å²) in [7, 11) is -1.79. The Hall–Kier alpha value is 0.0569. The van der Waals surface area contributed by atoms with Crippen LogP contribution in [0.4, 0.5) is 0 Å². The maximum absolute atomic E-state index is 6.39. The van der Waals surface area contributed by atoms with E-state index in [2.05, 4.69) is 33.9 Å². The molecule has 0 aromatic rings. The van der Waals surface area contributed by atoms with Gasteiger partial charge in [0, 0.05) is 6.42 Å². The van der Waals surface area contributed by atoms with E-state index in [9.17, 15) is 0 Å². The van der Waals surface area contributed by atoms with Crippen molar-refractivity contribution in [3.8, 4) is 0 Å². The second-order valence-corrected chi connectivity index (χ2v) is 11.4. The highest BCUT2D eigenvalue weighted by Gasteiger charge is 2.53. The zero-order chi connectivity index (χ0) is 12.9. The first-order chi connectivity index (χ1) is 7.64. The van der Waals surface area contributed by atoms with Crippen LogP contribution in [0.5, 0.6) is 0 Å². The van der Waals surface area contributed by atoms with Gasteiger partial charge in [0.1, 0.15) is 6.10 Å². The molecule has 3 atom stereocenters. The molecule has 4 nitrogen and oxygen atoms in total. The van der Waals surface area contributed by atoms with Crippen molar-refractivity contribution in [1.29, 1.82) is 0 Å². The molecule has 2 aliphatic heterocycles. The van der Waals surface area contributed by atoms with Gasteiger partial charge in [0.15, 0.2) is 14.6 Å². The van der Waals surface area contributed by atoms with Crippen LogP contribution in [-0.2, 0) is 18.9 Å². The van der Waals surface area contributed by atoms with Crippen LogP contribution in [0.2, 0.25) is 18.1 Å². The summed E-state index contributed by atoms with van der Waals surface area (Å²) >= 11 is 0. The maximum atomic E-state index is 6.39. The molecule has 0 saturated carbocycles. The fourth-order valence-corrected chi connectivity index (χ4v) is 3.33. The maximum Gasteiger partial charge on any atom is 0.226 e. The third kappa shape index (κ3) is 2.44. The zero-order valence-corrected chi connectivity index (χ0v) is 12.7. The summed E-state index contributed by atoms with van der Waals surface area (Å²) < 4.78 is 12.1. The fraction of sp³-hybridized carbons (Fsp3) is 1.00. The molecule has 2 rings (SSSR count). The Labute approximate surface area is 105 Å². The van der Waals surface area contributed by atoms with E-state index in [1.165, 1.54) is 0 Å². The second kappa shape index (κ2) is 4.03. The molecule has 2 fully saturated rings. The first kappa shape index (κ1) is 13.5. The molecule has 17 heavy (non-hydrogen) atoms. The molecule has 0 unspecified atom stereocenters. The van der Waals surface area contributed by atoms with Gasteiger partial charge in [-0.2, -0.15) is 4.89 Å². The van der Waals surface area contributed by atoms with E-state index in [1.807, 2.05) is 6.92 Å². The lowest BCUT2D eigenvalue weighted by atomic mass is 10.0. The average Bonchev–Trinajstić information content (AvgIpc) is 2.47. The van der Waals surface area contributed by atoms with Gasteiger partial charge in [-0.15, -0.1) is 0 Å². The van der Waals surface area contributed by atoms with Gasteiger partial charge in [-0.3, -0.25) is 0 Å². The molecule has 2 heterocycles. The van der Waals surface area contributed by atoms with Gasteiger partial charge in [0.2, 0.25) is 5.79 Å². The van der Waals surface area contributed by atoms with E-state index >= 15 is 0 Å². The summed E-state index contributed by atoms with van der Waals surface area (Å²) in [6.07, 6.45) is 1.55. The van der Waals surface area contributed by atoms with E-state index < -0.39 is 14.1 Å². The molecule has 5 heteroatoms. The van der Waals surface area contributed by atoms with Crippen LogP contribution in [0.1, 0.15) is 40.5 Å². The average molecular weight is 260 g/mol. The molecule has 2 saturated heterocycles. The first-order valence-electron chi connectivity index (χ1n) is 6.34. The van der Waals surface area contributed by atoms with Gasteiger partial charge in [-0.25, -0.2) is 4.89 Å². The van der Waals surface area contributed by atoms with Crippen LogP contribution in [0.3, 0.4) is 0 Å². The summed E-state index contributed by atoms with van der Waals surface area (Å²) in [6.45, 7) is 13.1. The monoisotopic (exact) mass is 260 g/mol. The Morgan fingerprint density at radius 3 is 2.47 bits per heavy atom. The molecule has 0 amide bonds. The van der Waals surface area contributed by atoms with Crippen molar-refractivity contribution in [2.75, 3.05) is 0 Å². The molecular formula is C12H24O4Si. The highest BCUT2D eigenvalue weighted by molar-refractivity contribution is 6.74. The lowest BCUT2D eigenvalue weighted by molar-refractivity contribution is -0.335. The Morgan fingerprint density at radius 2 is 1.88 bits per heavy atom. The van der Waals surface area contributed by atoms with Gasteiger partial charge in [0.25, 0.3) is 0 Å². The van der Waals surface area contributed by atoms with E-state index in [-0.39, 0.29) is 17.4 Å². The minimum atomic E-state index is -1.79. The van der Waals surface area contributed by atoms with Gasteiger partial charge >= 0.3 is 0 Å². The fourth-order valence-electron chi connectivity index (χ4n) is 1.93. The number of hydrogen-bond acceptors (Lipinski definition) is 4. The molecule has 2 bridgehead atoms. The Morgan fingerprint density at radius 1 is 1.24 bits per heavy atom. The van der Waals surface area contributed by atoms with Crippen molar-refractivity contribution in [2.24, 2.45) is 0 Å². The third-order valence-corrected chi connectivity index (χ3v) is 8.66. The minimum Gasteiger partial charge on any atom is -0.408 e. The van der Waals surface area contributed by atoms with Gasteiger partial charge in [-0.05, 0) is 31.5 Å². The molecule has 0 radical (unpaired) electrons. The van der Waals surface area contributed by atoms with Crippen LogP contribution in [0.25, 0.3) is 0 Å². The number of ether oxygens (including phenoxy) is 1. The summed E-state index contributed by atoms with van der Waals surface area (Å²) in [5, 5.41) is 0.194. The van der Waals surface area contributed by atoms with Crippen LogP contribution in [0, 0.1) is 0 Å². The topological polar surface area (TPSA) is 36.9 Å². The van der Waals surface area contributed by atoms with Crippen molar-refractivity contribution >= 4 is 8.32 Å². The number of rotatable bonds is 2. The highest BCUT2D eigenvalue weighted by atomic mass is 28.4. The lowest BCUT2D eigenvalue weighted by Crippen LogP contribution is -2.53. The summed E-state index contributed by atoms with van der Waals surface area (Å²) in [6, 6.07) is 0. The lowest BCUT2D eigenvalue weighted by Gasteiger charge is -2.43. The molecule has 0 N–H and O–H groups in total. The standard InChI is InChI=1S/C12H24O4Si/c1-11(2,3)17(5,6)15-9-7-8-10-13-12(9,4)16-14-10/h9-10H,7-8H2,1-6H3/t9-,10+,12-/m0/s1. The van der Waals surface area contributed by atoms with E-state index in [0.29, 0.717) is 0 Å². The van der Waals surface area contributed by atoms with Gasteiger partial charge < -0.3 is 9.16 Å². The largest absolute Gasteiger partial charge is 0.408 e. The Kier molecular flexibility index (Phi) is 3.20. The molecular weight excluding hydrogens is 236 g/mol. The second-order valence-electron chi connectivity index (χ2n) is 6.69. The zero-order valence-electron chi connectivity index (χ0n) is 11.7. The normalized spacial score (nSPS) is 38.5. The smallest absolute Gasteiger partial charge is 0.226 e. The predicted molar refractivity (Wildman–Crippen MR) is 66.8 cm³/mol. The molecule has 100 valence electrons. The molecule has 2 aliphatic rings. The van der Waals surface area contributed by atoms with Crippen molar-refractivity contribution in [3.63, 3.8) is 0 Å². The van der Waals surface area contributed by atoms with E-state index in [1.54, 1.807) is 0 Å². The van der Waals surface area contributed by atoms with Crippen LogP contribution < -0.4 is 0 Å². The molecule has 0 aliphatic carbocycles. The van der Waals surface area contributed by atoms with E-state index in [0.717, 1.165) is 12.8 Å². The van der Waals surface area contributed by atoms with Crippen LogP contribution >= 0.6 is 0 Å². The minimum absolute atomic E-state index is 0.0258. The van der Waals surface area contributed by atoms with Gasteiger partial charge in [-0.1, -0.05) is 20.8 Å². The third-order valence-electron chi connectivity index (χ3n) is 4.18. The van der Waals surface area contributed by atoms with Crippen LogP contribution in [0.15, 0.2) is 0 Å². The van der Waals surface area contributed by atoms with E-state index in [4.69, 9.17) is 18.9 Å². The number of fused-ring (bicyclic) bond motifs is 2. The van der Waals surface area contributed by atoms with Crippen molar-refractivity contribution < 1.29 is 18.9 Å². The number of hydrogen-bond donors (Lipinski definition) is 0. The van der Waals surface area contributed by atoms with Crippen molar-refractivity contribution in [3.05, 3.63) is 0 Å². The molecule has 0 aromatic carbocycles. The summed E-state index contributed by atoms with van der Waals surface area (Å²) in [4.78, 5) is 10.4. The molecule has 0 spiro atoms. The first-order valence-corrected chi connectivity index (χ1v) is 9.25. The molecule has 0 aromatic heterocycles. The Balaban J connectivity index is 2.09. The van der Waals surface area contributed by atoms with Gasteiger partial charge in [0.05, 0.1) is 0 Å². The van der Waals surface area contributed by atoms with Crippen LogP contribution in [-0.4, -0.2) is 26.5 Å². The summed E-state index contributed by atoms with van der Waals surface area (Å²) in [5.41, 5.74) is 0. The summed E-state index contributed by atoms with van der Waals surface area (Å²) in [5.74, 6) is -0.724. The predicted octanol–water partition coefficient (Wildman–Crippen LogP) is 3.19.